The van der Waals surface area contributed by atoms with Crippen molar-refractivity contribution in [3.8, 4) is 11.5 Å². The topological polar surface area (TPSA) is 76.7 Å². The first-order valence-electron chi connectivity index (χ1n) is 8.80. The van der Waals surface area contributed by atoms with Crippen molar-refractivity contribution in [3.05, 3.63) is 45.1 Å². The second kappa shape index (κ2) is 9.62. The number of nitrogens with one attached hydrogen (secondary N) is 2. The first-order valence-corrected chi connectivity index (χ1v) is 10.1. The number of fused-ring (bicyclic) bond motifs is 1. The molecule has 8 heteroatoms. The molecule has 0 bridgehead atoms. The predicted molar refractivity (Wildman–Crippen MR) is 105 cm³/mol. The fraction of sp³-hybridized carbons (Fsp3) is 0.368. The standard InChI is InChI=1S/C19H21ClN2O4S/c20-14-11-13(12-15-18(14)26-9-8-25-15)5-7-21-17(23)4-1-6-22-19(24)16-3-2-10-27-16/h2-3,10-12H,1,4-9H2,(H,21,23)(H,22,24). The van der Waals surface area contributed by atoms with Crippen LogP contribution in [-0.2, 0) is 11.2 Å². The van der Waals surface area contributed by atoms with E-state index in [1.807, 2.05) is 23.6 Å². The molecular formula is C19H21ClN2O4S. The van der Waals surface area contributed by atoms with E-state index in [4.69, 9.17) is 21.1 Å². The molecule has 1 aromatic carbocycles. The molecule has 1 aliphatic rings. The molecule has 0 aliphatic carbocycles. The summed E-state index contributed by atoms with van der Waals surface area (Å²) in [4.78, 5) is 24.4. The lowest BCUT2D eigenvalue weighted by molar-refractivity contribution is -0.121. The molecule has 0 radical (unpaired) electrons. The lowest BCUT2D eigenvalue weighted by Gasteiger charge is -2.20. The van der Waals surface area contributed by atoms with Crippen LogP contribution in [0.25, 0.3) is 0 Å². The van der Waals surface area contributed by atoms with Crippen molar-refractivity contribution in [1.82, 2.24) is 10.6 Å². The Morgan fingerprint density at radius 2 is 2.00 bits per heavy atom. The lowest BCUT2D eigenvalue weighted by Crippen LogP contribution is -2.28. The Bertz CT molecular complexity index is 795. The minimum Gasteiger partial charge on any atom is -0.486 e. The Kier molecular flexibility index (Phi) is 6.95. The normalized spacial score (nSPS) is 12.5. The summed E-state index contributed by atoms with van der Waals surface area (Å²) < 4.78 is 11.0. The third-order valence-corrected chi connectivity index (χ3v) is 5.15. The van der Waals surface area contributed by atoms with Crippen molar-refractivity contribution in [2.75, 3.05) is 26.3 Å². The number of carbonyl (C=O) groups excluding carboxylic acids is 2. The third-order valence-electron chi connectivity index (χ3n) is 4.00. The zero-order valence-electron chi connectivity index (χ0n) is 14.8. The Morgan fingerprint density at radius 3 is 2.81 bits per heavy atom. The van der Waals surface area contributed by atoms with Gasteiger partial charge in [0.15, 0.2) is 11.5 Å². The number of benzene rings is 1. The molecule has 0 atom stereocenters. The van der Waals surface area contributed by atoms with Gasteiger partial charge in [-0.15, -0.1) is 11.3 Å². The van der Waals surface area contributed by atoms with Crippen molar-refractivity contribution in [3.63, 3.8) is 0 Å². The maximum atomic E-state index is 11.9. The average molecular weight is 409 g/mol. The largest absolute Gasteiger partial charge is 0.486 e. The van der Waals surface area contributed by atoms with Gasteiger partial charge in [0.05, 0.1) is 9.90 Å². The van der Waals surface area contributed by atoms with Crippen molar-refractivity contribution >= 4 is 34.8 Å². The highest BCUT2D eigenvalue weighted by molar-refractivity contribution is 7.12. The molecule has 27 heavy (non-hydrogen) atoms. The van der Waals surface area contributed by atoms with Crippen LogP contribution in [0.15, 0.2) is 29.6 Å². The van der Waals surface area contributed by atoms with Gasteiger partial charge in [-0.1, -0.05) is 17.7 Å². The number of carbonyl (C=O) groups is 2. The van der Waals surface area contributed by atoms with Gasteiger partial charge < -0.3 is 20.1 Å². The van der Waals surface area contributed by atoms with Gasteiger partial charge in [-0.2, -0.15) is 0 Å². The third kappa shape index (κ3) is 5.61. The lowest BCUT2D eigenvalue weighted by atomic mass is 10.1. The monoisotopic (exact) mass is 408 g/mol. The second-order valence-corrected chi connectivity index (χ2v) is 7.39. The number of halogens is 1. The van der Waals surface area contributed by atoms with Crippen molar-refractivity contribution in [2.24, 2.45) is 0 Å². The molecule has 3 rings (SSSR count). The van der Waals surface area contributed by atoms with Gasteiger partial charge in [-0.25, -0.2) is 0 Å². The van der Waals surface area contributed by atoms with Gasteiger partial charge >= 0.3 is 0 Å². The fourth-order valence-electron chi connectivity index (χ4n) is 2.69. The Labute approximate surface area is 166 Å². The maximum Gasteiger partial charge on any atom is 0.261 e. The zero-order valence-corrected chi connectivity index (χ0v) is 16.3. The van der Waals surface area contributed by atoms with E-state index in [-0.39, 0.29) is 11.8 Å². The summed E-state index contributed by atoms with van der Waals surface area (Å²) >= 11 is 7.61. The van der Waals surface area contributed by atoms with E-state index >= 15 is 0 Å². The van der Waals surface area contributed by atoms with E-state index in [9.17, 15) is 9.59 Å². The van der Waals surface area contributed by atoms with Crippen molar-refractivity contribution < 1.29 is 19.1 Å². The molecule has 0 fully saturated rings. The SMILES string of the molecule is O=C(CCCNC(=O)c1cccs1)NCCc1cc(Cl)c2c(c1)OCCO2. The van der Waals surface area contributed by atoms with E-state index in [0.717, 1.165) is 5.56 Å². The highest BCUT2D eigenvalue weighted by Gasteiger charge is 2.16. The summed E-state index contributed by atoms with van der Waals surface area (Å²) in [6.07, 6.45) is 1.61. The smallest absolute Gasteiger partial charge is 0.261 e. The summed E-state index contributed by atoms with van der Waals surface area (Å²) in [6.45, 7) is 1.99. The maximum absolute atomic E-state index is 11.9. The second-order valence-electron chi connectivity index (χ2n) is 6.04. The van der Waals surface area contributed by atoms with E-state index in [2.05, 4.69) is 10.6 Å². The van der Waals surface area contributed by atoms with Crippen LogP contribution in [0.1, 0.15) is 28.1 Å². The molecule has 0 saturated heterocycles. The van der Waals surface area contributed by atoms with Gasteiger partial charge in [0.1, 0.15) is 13.2 Å². The van der Waals surface area contributed by atoms with E-state index in [1.165, 1.54) is 11.3 Å². The first-order chi connectivity index (χ1) is 13.1. The molecule has 0 saturated carbocycles. The Hall–Kier alpha value is -2.25. The van der Waals surface area contributed by atoms with E-state index in [1.54, 1.807) is 6.07 Å². The Morgan fingerprint density at radius 1 is 1.15 bits per heavy atom. The number of ether oxygens (including phenoxy) is 2. The predicted octanol–water partition coefficient (Wildman–Crippen LogP) is 3.04. The van der Waals surface area contributed by atoms with Crippen LogP contribution in [-0.4, -0.2) is 38.1 Å². The van der Waals surface area contributed by atoms with Crippen LogP contribution in [0.3, 0.4) is 0 Å². The first kappa shape index (κ1) is 19.5. The summed E-state index contributed by atoms with van der Waals surface area (Å²) in [5.41, 5.74) is 0.979. The van der Waals surface area contributed by atoms with Gasteiger partial charge in [-0.3, -0.25) is 9.59 Å². The number of hydrogen-bond acceptors (Lipinski definition) is 5. The number of rotatable bonds is 8. The van der Waals surface area contributed by atoms with Crippen molar-refractivity contribution in [2.45, 2.75) is 19.3 Å². The molecule has 2 aromatic rings. The molecule has 1 aliphatic heterocycles. The van der Waals surface area contributed by atoms with Gasteiger partial charge in [0.25, 0.3) is 5.91 Å². The number of hydrogen-bond donors (Lipinski definition) is 2. The summed E-state index contributed by atoms with van der Waals surface area (Å²) in [7, 11) is 0. The quantitative estimate of drug-likeness (QED) is 0.658. The van der Waals surface area contributed by atoms with Crippen LogP contribution in [0.2, 0.25) is 5.02 Å². The Balaban J connectivity index is 1.34. The molecule has 1 aromatic heterocycles. The number of amides is 2. The summed E-state index contributed by atoms with van der Waals surface area (Å²) in [6, 6.07) is 7.34. The minimum absolute atomic E-state index is 0.0380. The zero-order chi connectivity index (χ0) is 19.1. The molecule has 144 valence electrons. The fourth-order valence-corrected chi connectivity index (χ4v) is 3.62. The molecule has 2 N–H and O–H groups in total. The van der Waals surface area contributed by atoms with Crippen LogP contribution in [0.4, 0.5) is 0 Å². The van der Waals surface area contributed by atoms with Crippen LogP contribution in [0.5, 0.6) is 11.5 Å². The molecular weight excluding hydrogens is 388 g/mol. The highest BCUT2D eigenvalue weighted by Crippen LogP contribution is 2.38. The van der Waals surface area contributed by atoms with Gasteiger partial charge in [0.2, 0.25) is 5.91 Å². The highest BCUT2D eigenvalue weighted by atomic mass is 35.5. The number of thiophene rings is 1. The van der Waals surface area contributed by atoms with Crippen LogP contribution < -0.4 is 20.1 Å². The molecule has 2 heterocycles. The average Bonchev–Trinajstić information content (AvgIpc) is 3.20. The molecule has 0 spiro atoms. The van der Waals surface area contributed by atoms with Crippen molar-refractivity contribution in [1.29, 1.82) is 0 Å². The van der Waals surface area contributed by atoms with E-state index in [0.29, 0.717) is 67.0 Å². The molecule has 0 unspecified atom stereocenters. The van der Waals surface area contributed by atoms with Gasteiger partial charge in [0, 0.05) is 19.5 Å². The van der Waals surface area contributed by atoms with Gasteiger partial charge in [-0.05, 0) is 42.0 Å². The van der Waals surface area contributed by atoms with Crippen LogP contribution >= 0.6 is 22.9 Å². The summed E-state index contributed by atoms with van der Waals surface area (Å²) in [5, 5.41) is 8.07. The van der Waals surface area contributed by atoms with E-state index < -0.39 is 0 Å². The molecule has 6 nitrogen and oxygen atoms in total. The van der Waals surface area contributed by atoms with Crippen LogP contribution in [0, 0.1) is 0 Å². The molecule has 2 amide bonds. The summed E-state index contributed by atoms with van der Waals surface area (Å²) in [5.74, 6) is 1.10. The minimum atomic E-state index is -0.0964.